The molecule has 6 heteroatoms. The minimum Gasteiger partial charge on any atom is -0.378 e. The summed E-state index contributed by atoms with van der Waals surface area (Å²) in [6.07, 6.45) is 5.19. The molecule has 1 saturated carbocycles. The van der Waals surface area contributed by atoms with Crippen molar-refractivity contribution in [3.63, 3.8) is 0 Å². The summed E-state index contributed by atoms with van der Waals surface area (Å²) in [7, 11) is 0. The molecule has 1 N–H and O–H groups in total. The molecule has 2 heterocycles. The molecule has 1 aromatic heterocycles. The Labute approximate surface area is 150 Å². The van der Waals surface area contributed by atoms with Crippen LogP contribution in [-0.4, -0.2) is 48.4 Å². The van der Waals surface area contributed by atoms with Gasteiger partial charge in [0.2, 0.25) is 0 Å². The van der Waals surface area contributed by atoms with Gasteiger partial charge in [-0.2, -0.15) is 0 Å². The highest BCUT2D eigenvalue weighted by Gasteiger charge is 2.49. The number of unbranched alkanes of at least 4 members (excludes halogenated alkanes) is 1. The molecule has 1 saturated heterocycles. The van der Waals surface area contributed by atoms with E-state index in [0.717, 1.165) is 43.6 Å². The molecule has 1 aromatic rings. The summed E-state index contributed by atoms with van der Waals surface area (Å²) < 4.78 is 10.7. The van der Waals surface area contributed by atoms with Crippen molar-refractivity contribution in [3.8, 4) is 0 Å². The number of hydrogen-bond acceptors (Lipinski definition) is 4. The first-order valence-electron chi connectivity index (χ1n) is 9.58. The molecule has 0 spiro atoms. The molecule has 6 nitrogen and oxygen atoms in total. The number of rotatable bonds is 6. The van der Waals surface area contributed by atoms with Gasteiger partial charge in [0.1, 0.15) is 5.76 Å². The Kier molecular flexibility index (Phi) is 5.67. The van der Waals surface area contributed by atoms with Gasteiger partial charge in [-0.3, -0.25) is 0 Å². The van der Waals surface area contributed by atoms with Gasteiger partial charge in [-0.25, -0.2) is 4.79 Å². The van der Waals surface area contributed by atoms with Gasteiger partial charge in [0.15, 0.2) is 0 Å². The van der Waals surface area contributed by atoms with Gasteiger partial charge in [0, 0.05) is 31.6 Å². The SMILES string of the molecule is CCCCc1cc(CC2CC(NC(=O)N3CCOCC3)C2(C)C)no1. The standard InChI is InChI=1S/C19H31N3O3/c1-4-5-6-16-13-15(21-25-16)11-14-12-17(19(14,2)3)20-18(23)22-7-9-24-10-8-22/h13-14,17H,4-12H2,1-3H3,(H,20,23). The van der Waals surface area contributed by atoms with E-state index in [1.165, 1.54) is 0 Å². The van der Waals surface area contributed by atoms with Crippen LogP contribution in [0, 0.1) is 11.3 Å². The normalized spacial score (nSPS) is 25.5. The molecular weight excluding hydrogens is 318 g/mol. The molecule has 140 valence electrons. The Bertz CT molecular complexity index is 578. The van der Waals surface area contributed by atoms with Gasteiger partial charge >= 0.3 is 6.03 Å². The summed E-state index contributed by atoms with van der Waals surface area (Å²) >= 11 is 0. The number of urea groups is 1. The zero-order valence-corrected chi connectivity index (χ0v) is 15.7. The predicted molar refractivity (Wildman–Crippen MR) is 95.4 cm³/mol. The Hall–Kier alpha value is -1.56. The molecule has 0 bridgehead atoms. The van der Waals surface area contributed by atoms with E-state index in [4.69, 9.17) is 9.26 Å². The van der Waals surface area contributed by atoms with Crippen LogP contribution < -0.4 is 5.32 Å². The zero-order valence-electron chi connectivity index (χ0n) is 15.7. The van der Waals surface area contributed by atoms with Gasteiger partial charge in [-0.05, 0) is 30.6 Å². The topological polar surface area (TPSA) is 67.6 Å². The number of amides is 2. The van der Waals surface area contributed by atoms with Crippen molar-refractivity contribution in [3.05, 3.63) is 17.5 Å². The van der Waals surface area contributed by atoms with E-state index < -0.39 is 0 Å². The van der Waals surface area contributed by atoms with Crippen LogP contribution in [0.3, 0.4) is 0 Å². The van der Waals surface area contributed by atoms with Crippen molar-refractivity contribution in [2.45, 2.75) is 58.9 Å². The lowest BCUT2D eigenvalue weighted by molar-refractivity contribution is 0.0101. The molecule has 1 aliphatic carbocycles. The van der Waals surface area contributed by atoms with Gasteiger partial charge < -0.3 is 19.5 Å². The number of carbonyl (C=O) groups is 1. The van der Waals surface area contributed by atoms with E-state index in [1.54, 1.807) is 0 Å². The molecule has 2 atom stereocenters. The largest absolute Gasteiger partial charge is 0.378 e. The Morgan fingerprint density at radius 3 is 2.84 bits per heavy atom. The van der Waals surface area contributed by atoms with Crippen molar-refractivity contribution in [2.75, 3.05) is 26.3 Å². The van der Waals surface area contributed by atoms with Crippen molar-refractivity contribution in [1.82, 2.24) is 15.4 Å². The van der Waals surface area contributed by atoms with Crippen molar-refractivity contribution >= 4 is 6.03 Å². The number of nitrogens with one attached hydrogen (secondary N) is 1. The van der Waals surface area contributed by atoms with Crippen molar-refractivity contribution < 1.29 is 14.1 Å². The van der Waals surface area contributed by atoms with E-state index in [-0.39, 0.29) is 17.5 Å². The Morgan fingerprint density at radius 2 is 2.16 bits per heavy atom. The van der Waals surface area contributed by atoms with Crippen LogP contribution in [0.25, 0.3) is 0 Å². The lowest BCUT2D eigenvalue weighted by atomic mass is 9.57. The Morgan fingerprint density at radius 1 is 1.40 bits per heavy atom. The molecule has 0 aromatic carbocycles. The van der Waals surface area contributed by atoms with Crippen molar-refractivity contribution in [1.29, 1.82) is 0 Å². The number of aromatic nitrogens is 1. The first kappa shape index (κ1) is 18.2. The lowest BCUT2D eigenvalue weighted by Crippen LogP contribution is -2.61. The zero-order chi connectivity index (χ0) is 17.9. The highest BCUT2D eigenvalue weighted by molar-refractivity contribution is 5.74. The second kappa shape index (κ2) is 7.77. The molecule has 2 aliphatic rings. The van der Waals surface area contributed by atoms with Crippen LogP contribution in [0.4, 0.5) is 4.79 Å². The van der Waals surface area contributed by atoms with Gasteiger partial charge in [-0.15, -0.1) is 0 Å². The number of ether oxygens (including phenoxy) is 1. The predicted octanol–water partition coefficient (Wildman–Crippen LogP) is 3.02. The molecule has 25 heavy (non-hydrogen) atoms. The maximum atomic E-state index is 12.4. The third-order valence-electron chi connectivity index (χ3n) is 5.91. The van der Waals surface area contributed by atoms with Crippen LogP contribution in [-0.2, 0) is 17.6 Å². The maximum Gasteiger partial charge on any atom is 0.317 e. The van der Waals surface area contributed by atoms with Gasteiger partial charge in [0.25, 0.3) is 0 Å². The molecule has 2 amide bonds. The van der Waals surface area contributed by atoms with Crippen LogP contribution in [0.1, 0.15) is 51.5 Å². The number of hydrogen-bond donors (Lipinski definition) is 1. The summed E-state index contributed by atoms with van der Waals surface area (Å²) in [6, 6.07) is 2.37. The van der Waals surface area contributed by atoms with Crippen LogP contribution >= 0.6 is 0 Å². The molecule has 1 aliphatic heterocycles. The second-order valence-electron chi connectivity index (χ2n) is 7.95. The fraction of sp³-hybridized carbons (Fsp3) is 0.789. The molecule has 3 rings (SSSR count). The lowest BCUT2D eigenvalue weighted by Gasteiger charge is -2.52. The molecule has 2 fully saturated rings. The van der Waals surface area contributed by atoms with Crippen molar-refractivity contribution in [2.24, 2.45) is 11.3 Å². The Balaban J connectivity index is 1.49. The molecule has 2 unspecified atom stereocenters. The second-order valence-corrected chi connectivity index (χ2v) is 7.95. The summed E-state index contributed by atoms with van der Waals surface area (Å²) in [4.78, 5) is 14.2. The first-order chi connectivity index (χ1) is 12.0. The van der Waals surface area contributed by atoms with Crippen LogP contribution in [0.15, 0.2) is 10.6 Å². The third kappa shape index (κ3) is 4.17. The quantitative estimate of drug-likeness (QED) is 0.857. The summed E-state index contributed by atoms with van der Waals surface area (Å²) in [5, 5.41) is 7.44. The monoisotopic (exact) mass is 349 g/mol. The average Bonchev–Trinajstić information content (AvgIpc) is 3.07. The smallest absolute Gasteiger partial charge is 0.317 e. The van der Waals surface area contributed by atoms with Gasteiger partial charge in [-0.1, -0.05) is 32.3 Å². The summed E-state index contributed by atoms with van der Waals surface area (Å²) in [5.74, 6) is 1.51. The van der Waals surface area contributed by atoms with Crippen LogP contribution in [0.2, 0.25) is 0 Å². The third-order valence-corrected chi connectivity index (χ3v) is 5.91. The van der Waals surface area contributed by atoms with E-state index in [9.17, 15) is 4.79 Å². The van der Waals surface area contributed by atoms with E-state index in [1.807, 2.05) is 4.90 Å². The fourth-order valence-corrected chi connectivity index (χ4v) is 3.79. The molecule has 0 radical (unpaired) electrons. The summed E-state index contributed by atoms with van der Waals surface area (Å²) in [5.41, 5.74) is 1.12. The molecular formula is C19H31N3O3. The minimum atomic E-state index is 0.0445. The van der Waals surface area contributed by atoms with E-state index >= 15 is 0 Å². The van der Waals surface area contributed by atoms with E-state index in [0.29, 0.717) is 32.2 Å². The van der Waals surface area contributed by atoms with E-state index in [2.05, 4.69) is 37.3 Å². The van der Waals surface area contributed by atoms with Crippen LogP contribution in [0.5, 0.6) is 0 Å². The number of morpholine rings is 1. The first-order valence-corrected chi connectivity index (χ1v) is 9.58. The number of nitrogens with zero attached hydrogens (tertiary/aromatic N) is 2. The average molecular weight is 349 g/mol. The number of carbonyl (C=O) groups excluding carboxylic acids is 1. The summed E-state index contributed by atoms with van der Waals surface area (Å²) in [6.45, 7) is 9.30. The maximum absolute atomic E-state index is 12.4. The minimum absolute atomic E-state index is 0.0445. The highest BCUT2D eigenvalue weighted by atomic mass is 16.5. The highest BCUT2D eigenvalue weighted by Crippen LogP contribution is 2.47. The van der Waals surface area contributed by atoms with Gasteiger partial charge in [0.05, 0.1) is 18.9 Å². The fourth-order valence-electron chi connectivity index (χ4n) is 3.79. The number of aryl methyl sites for hydroxylation is 1.